The largest absolute Gasteiger partial charge is 0.481 e. The highest BCUT2D eigenvalue weighted by atomic mass is 16.4. The van der Waals surface area contributed by atoms with Crippen molar-refractivity contribution < 1.29 is 19.5 Å². The van der Waals surface area contributed by atoms with E-state index in [0.29, 0.717) is 37.2 Å². The Balaban J connectivity index is 1.35. The summed E-state index contributed by atoms with van der Waals surface area (Å²) in [5, 5.41) is 12.0. The molecule has 1 saturated heterocycles. The van der Waals surface area contributed by atoms with Gasteiger partial charge in [-0.05, 0) is 54.7 Å². The normalized spacial score (nSPS) is 18.7. The Hall–Kier alpha value is -3.15. The van der Waals surface area contributed by atoms with Gasteiger partial charge in [0, 0.05) is 24.3 Å². The predicted molar refractivity (Wildman–Crippen MR) is 104 cm³/mol. The van der Waals surface area contributed by atoms with Gasteiger partial charge in [0.2, 0.25) is 5.91 Å². The minimum Gasteiger partial charge on any atom is -0.481 e. The van der Waals surface area contributed by atoms with Gasteiger partial charge in [-0.1, -0.05) is 24.3 Å². The Labute approximate surface area is 163 Å². The molecular formula is C22H22N2O4. The number of carboxylic acid groups (broad SMARTS) is 1. The minimum atomic E-state index is -0.790. The van der Waals surface area contributed by atoms with Crippen molar-refractivity contribution in [3.8, 4) is 0 Å². The van der Waals surface area contributed by atoms with Crippen molar-refractivity contribution in [1.29, 1.82) is 0 Å². The van der Waals surface area contributed by atoms with Crippen molar-refractivity contribution >= 4 is 23.5 Å². The van der Waals surface area contributed by atoms with E-state index in [-0.39, 0.29) is 23.7 Å². The Morgan fingerprint density at radius 3 is 2.29 bits per heavy atom. The lowest BCUT2D eigenvalue weighted by Crippen LogP contribution is -2.40. The summed E-state index contributed by atoms with van der Waals surface area (Å²) < 4.78 is 0. The first kappa shape index (κ1) is 18.2. The fourth-order valence-corrected chi connectivity index (χ4v) is 3.93. The van der Waals surface area contributed by atoms with Crippen molar-refractivity contribution in [2.45, 2.75) is 25.2 Å². The summed E-state index contributed by atoms with van der Waals surface area (Å²) >= 11 is 0. The van der Waals surface area contributed by atoms with E-state index in [1.807, 2.05) is 24.3 Å². The molecule has 2 N–H and O–H groups in total. The molecule has 1 atom stereocenters. The Kier molecular flexibility index (Phi) is 4.86. The molecule has 2 aromatic rings. The molecule has 1 aliphatic heterocycles. The van der Waals surface area contributed by atoms with Crippen LogP contribution in [0.3, 0.4) is 0 Å². The number of likely N-dealkylation sites (tertiary alicyclic amines) is 1. The van der Waals surface area contributed by atoms with Crippen molar-refractivity contribution in [3.63, 3.8) is 0 Å². The predicted octanol–water partition coefficient (Wildman–Crippen LogP) is 2.90. The van der Waals surface area contributed by atoms with Gasteiger partial charge in [0.1, 0.15) is 0 Å². The maximum atomic E-state index is 12.6. The molecule has 2 aliphatic rings. The van der Waals surface area contributed by atoms with Crippen molar-refractivity contribution in [2.24, 2.45) is 5.92 Å². The lowest BCUT2D eigenvalue weighted by Gasteiger charge is -2.30. The number of hydrogen-bond acceptors (Lipinski definition) is 3. The molecular weight excluding hydrogens is 356 g/mol. The monoisotopic (exact) mass is 378 g/mol. The number of fused-ring (bicyclic) bond motifs is 1. The molecule has 1 unspecified atom stereocenters. The maximum absolute atomic E-state index is 12.6. The SMILES string of the molecule is O=C(O)C1CCN(C(=O)c2ccc(NC(=O)C3Cc4ccccc43)cc2)CC1. The Morgan fingerprint density at radius 1 is 0.964 bits per heavy atom. The van der Waals surface area contributed by atoms with Crippen LogP contribution in [0.4, 0.5) is 5.69 Å². The van der Waals surface area contributed by atoms with E-state index in [0.717, 1.165) is 12.0 Å². The van der Waals surface area contributed by atoms with Gasteiger partial charge in [0.15, 0.2) is 0 Å². The van der Waals surface area contributed by atoms with E-state index < -0.39 is 5.97 Å². The molecule has 0 aromatic heterocycles. The zero-order valence-electron chi connectivity index (χ0n) is 15.4. The van der Waals surface area contributed by atoms with Gasteiger partial charge in [0.25, 0.3) is 5.91 Å². The van der Waals surface area contributed by atoms with Crippen LogP contribution in [0.25, 0.3) is 0 Å². The number of nitrogens with zero attached hydrogens (tertiary/aromatic N) is 1. The number of piperidine rings is 1. The minimum absolute atomic E-state index is 0.0338. The van der Waals surface area contributed by atoms with Crippen molar-refractivity contribution in [1.82, 2.24) is 4.90 Å². The highest BCUT2D eigenvalue weighted by Crippen LogP contribution is 2.35. The van der Waals surface area contributed by atoms with Crippen LogP contribution in [-0.2, 0) is 16.0 Å². The third kappa shape index (κ3) is 3.50. The molecule has 6 heteroatoms. The van der Waals surface area contributed by atoms with E-state index in [2.05, 4.69) is 5.32 Å². The second kappa shape index (κ2) is 7.46. The number of nitrogens with one attached hydrogen (secondary N) is 1. The van der Waals surface area contributed by atoms with E-state index in [1.54, 1.807) is 29.2 Å². The van der Waals surface area contributed by atoms with E-state index in [1.165, 1.54) is 5.56 Å². The molecule has 1 aliphatic carbocycles. The highest BCUT2D eigenvalue weighted by molar-refractivity contribution is 5.99. The summed E-state index contributed by atoms with van der Waals surface area (Å²) in [7, 11) is 0. The lowest BCUT2D eigenvalue weighted by atomic mass is 9.77. The molecule has 0 spiro atoms. The fraction of sp³-hybridized carbons (Fsp3) is 0.318. The fourth-order valence-electron chi connectivity index (χ4n) is 3.93. The first-order valence-electron chi connectivity index (χ1n) is 9.54. The summed E-state index contributed by atoms with van der Waals surface area (Å²) in [6, 6.07) is 14.8. The molecule has 1 fully saturated rings. The highest BCUT2D eigenvalue weighted by Gasteiger charge is 2.32. The summed E-state index contributed by atoms with van der Waals surface area (Å²) in [5.41, 5.74) is 3.50. The van der Waals surface area contributed by atoms with Gasteiger partial charge in [0.05, 0.1) is 11.8 Å². The van der Waals surface area contributed by atoms with Crippen LogP contribution in [0.15, 0.2) is 48.5 Å². The van der Waals surface area contributed by atoms with Gasteiger partial charge in [-0.15, -0.1) is 0 Å². The second-order valence-corrected chi connectivity index (χ2v) is 7.43. The Morgan fingerprint density at radius 2 is 1.64 bits per heavy atom. The van der Waals surface area contributed by atoms with Gasteiger partial charge in [-0.2, -0.15) is 0 Å². The number of aliphatic carboxylic acids is 1. The molecule has 28 heavy (non-hydrogen) atoms. The van der Waals surface area contributed by atoms with Gasteiger partial charge >= 0.3 is 5.97 Å². The summed E-state index contributed by atoms with van der Waals surface area (Å²) in [6.45, 7) is 0.907. The van der Waals surface area contributed by atoms with E-state index in [9.17, 15) is 14.4 Å². The average Bonchev–Trinajstić information content (AvgIpc) is 2.69. The second-order valence-electron chi connectivity index (χ2n) is 7.43. The van der Waals surface area contributed by atoms with E-state index in [4.69, 9.17) is 5.11 Å². The number of carbonyl (C=O) groups is 3. The summed E-state index contributed by atoms with van der Waals surface area (Å²) in [5.74, 6) is -1.41. The van der Waals surface area contributed by atoms with Gasteiger partial charge < -0.3 is 15.3 Å². The van der Waals surface area contributed by atoms with Crippen LogP contribution in [0, 0.1) is 5.92 Å². The van der Waals surface area contributed by atoms with Crippen LogP contribution >= 0.6 is 0 Å². The molecule has 2 aromatic carbocycles. The number of amides is 2. The van der Waals surface area contributed by atoms with Crippen molar-refractivity contribution in [3.05, 3.63) is 65.2 Å². The third-order valence-corrected chi connectivity index (χ3v) is 5.70. The molecule has 0 radical (unpaired) electrons. The molecule has 2 amide bonds. The smallest absolute Gasteiger partial charge is 0.306 e. The molecule has 0 saturated carbocycles. The third-order valence-electron chi connectivity index (χ3n) is 5.70. The van der Waals surface area contributed by atoms with E-state index >= 15 is 0 Å². The number of anilines is 1. The van der Waals surface area contributed by atoms with Crippen LogP contribution < -0.4 is 5.32 Å². The number of rotatable bonds is 4. The topological polar surface area (TPSA) is 86.7 Å². The number of hydrogen-bond donors (Lipinski definition) is 2. The van der Waals surface area contributed by atoms with Crippen LogP contribution in [-0.4, -0.2) is 40.9 Å². The summed E-state index contributed by atoms with van der Waals surface area (Å²) in [4.78, 5) is 37.8. The average molecular weight is 378 g/mol. The molecule has 6 nitrogen and oxygen atoms in total. The first-order chi connectivity index (χ1) is 13.5. The molecule has 0 bridgehead atoms. The van der Waals surface area contributed by atoms with Gasteiger partial charge in [-0.25, -0.2) is 0 Å². The van der Waals surface area contributed by atoms with Crippen LogP contribution in [0.5, 0.6) is 0 Å². The molecule has 4 rings (SSSR count). The molecule has 1 heterocycles. The zero-order chi connectivity index (χ0) is 19.7. The molecule has 144 valence electrons. The zero-order valence-corrected chi connectivity index (χ0v) is 15.4. The van der Waals surface area contributed by atoms with Crippen molar-refractivity contribution in [2.75, 3.05) is 18.4 Å². The standard InChI is InChI=1S/C22H22N2O4/c25-20(19-13-16-3-1-2-4-18(16)19)23-17-7-5-14(6-8-17)21(26)24-11-9-15(10-12-24)22(27)28/h1-8,15,19H,9-13H2,(H,23,25)(H,27,28). The van der Waals surface area contributed by atoms with Crippen LogP contribution in [0.1, 0.15) is 40.2 Å². The summed E-state index contributed by atoms with van der Waals surface area (Å²) in [6.07, 6.45) is 1.72. The number of carboxylic acids is 1. The number of benzene rings is 2. The Bertz CT molecular complexity index is 914. The van der Waals surface area contributed by atoms with Gasteiger partial charge in [-0.3, -0.25) is 14.4 Å². The maximum Gasteiger partial charge on any atom is 0.306 e. The van der Waals surface area contributed by atoms with Crippen LogP contribution in [0.2, 0.25) is 0 Å². The lowest BCUT2D eigenvalue weighted by molar-refractivity contribution is -0.143. The first-order valence-corrected chi connectivity index (χ1v) is 9.54. The number of carbonyl (C=O) groups excluding carboxylic acids is 2. The quantitative estimate of drug-likeness (QED) is 0.856.